The first-order valence-corrected chi connectivity index (χ1v) is 5.75. The van der Waals surface area contributed by atoms with Gasteiger partial charge in [-0.15, -0.1) is 0 Å². The van der Waals surface area contributed by atoms with Gasteiger partial charge in [0.15, 0.2) is 5.79 Å². The molecule has 15 heavy (non-hydrogen) atoms. The van der Waals surface area contributed by atoms with Gasteiger partial charge in [-0.2, -0.15) is 0 Å². The Kier molecular flexibility index (Phi) is 3.61. The lowest BCUT2D eigenvalue weighted by Gasteiger charge is -2.35. The molecule has 2 fully saturated rings. The topological polar surface area (TPSA) is 47.9 Å². The SMILES string of the molecule is CC1(C2CCCOC2)OCC(CCO)O1. The van der Waals surface area contributed by atoms with Gasteiger partial charge >= 0.3 is 0 Å². The van der Waals surface area contributed by atoms with Crippen LogP contribution in [0.2, 0.25) is 0 Å². The average Bonchev–Trinajstić information content (AvgIpc) is 2.64. The number of hydrogen-bond acceptors (Lipinski definition) is 4. The first kappa shape index (κ1) is 11.3. The van der Waals surface area contributed by atoms with Gasteiger partial charge < -0.3 is 19.3 Å². The average molecular weight is 216 g/mol. The largest absolute Gasteiger partial charge is 0.396 e. The van der Waals surface area contributed by atoms with Crippen LogP contribution in [0.4, 0.5) is 0 Å². The highest BCUT2D eigenvalue weighted by atomic mass is 16.7. The molecule has 1 N–H and O–H groups in total. The van der Waals surface area contributed by atoms with Gasteiger partial charge in [-0.25, -0.2) is 0 Å². The Morgan fingerprint density at radius 2 is 2.27 bits per heavy atom. The molecule has 3 unspecified atom stereocenters. The molecule has 0 amide bonds. The van der Waals surface area contributed by atoms with Crippen molar-refractivity contribution in [2.24, 2.45) is 5.92 Å². The van der Waals surface area contributed by atoms with Crippen molar-refractivity contribution < 1.29 is 19.3 Å². The third-order valence-corrected chi connectivity index (χ3v) is 3.31. The standard InChI is InChI=1S/C11H20O4/c1-11(9-3-2-6-13-7-9)14-8-10(15-11)4-5-12/h9-10,12H,2-8H2,1H3. The summed E-state index contributed by atoms with van der Waals surface area (Å²) in [6.07, 6.45) is 2.88. The number of ether oxygens (including phenoxy) is 3. The van der Waals surface area contributed by atoms with Crippen molar-refractivity contribution in [2.75, 3.05) is 26.4 Å². The molecule has 0 spiro atoms. The highest BCUT2D eigenvalue weighted by Gasteiger charge is 2.44. The van der Waals surface area contributed by atoms with Crippen LogP contribution in [0.15, 0.2) is 0 Å². The van der Waals surface area contributed by atoms with E-state index in [9.17, 15) is 0 Å². The molecule has 4 nitrogen and oxygen atoms in total. The van der Waals surface area contributed by atoms with Crippen LogP contribution in [-0.2, 0) is 14.2 Å². The van der Waals surface area contributed by atoms with Crippen molar-refractivity contribution in [1.29, 1.82) is 0 Å². The molecule has 0 aromatic carbocycles. The zero-order chi connectivity index (χ0) is 10.7. The summed E-state index contributed by atoms with van der Waals surface area (Å²) in [5.41, 5.74) is 0. The van der Waals surface area contributed by atoms with Gasteiger partial charge in [-0.3, -0.25) is 0 Å². The molecule has 0 saturated carbocycles. The molecule has 2 heterocycles. The lowest BCUT2D eigenvalue weighted by atomic mass is 9.94. The maximum atomic E-state index is 8.85. The summed E-state index contributed by atoms with van der Waals surface area (Å²) in [6, 6.07) is 0. The van der Waals surface area contributed by atoms with E-state index in [-0.39, 0.29) is 12.7 Å². The van der Waals surface area contributed by atoms with Crippen molar-refractivity contribution in [3.8, 4) is 0 Å². The predicted molar refractivity (Wildman–Crippen MR) is 54.5 cm³/mol. The fourth-order valence-corrected chi connectivity index (χ4v) is 2.31. The first-order valence-electron chi connectivity index (χ1n) is 5.75. The highest BCUT2D eigenvalue weighted by molar-refractivity contribution is 4.83. The minimum absolute atomic E-state index is 0.0435. The van der Waals surface area contributed by atoms with E-state index < -0.39 is 5.79 Å². The maximum absolute atomic E-state index is 8.85. The smallest absolute Gasteiger partial charge is 0.171 e. The van der Waals surface area contributed by atoms with Crippen LogP contribution in [0.5, 0.6) is 0 Å². The quantitative estimate of drug-likeness (QED) is 0.762. The second-order valence-corrected chi connectivity index (χ2v) is 4.49. The Bertz CT molecular complexity index is 203. The summed E-state index contributed by atoms with van der Waals surface area (Å²) in [5, 5.41) is 8.85. The predicted octanol–water partition coefficient (Wildman–Crippen LogP) is 0.927. The Labute approximate surface area is 90.5 Å². The molecule has 2 aliphatic rings. The molecule has 2 saturated heterocycles. The Morgan fingerprint density at radius 1 is 1.40 bits per heavy atom. The molecule has 3 atom stereocenters. The molecule has 0 radical (unpaired) electrons. The minimum atomic E-state index is -0.500. The van der Waals surface area contributed by atoms with E-state index in [1.54, 1.807) is 0 Å². The monoisotopic (exact) mass is 216 g/mol. The van der Waals surface area contributed by atoms with Crippen LogP contribution in [0.3, 0.4) is 0 Å². The molecule has 0 bridgehead atoms. The number of hydrogen-bond donors (Lipinski definition) is 1. The third kappa shape index (κ3) is 2.50. The van der Waals surface area contributed by atoms with E-state index in [4.69, 9.17) is 19.3 Å². The van der Waals surface area contributed by atoms with Gasteiger partial charge in [0, 0.05) is 19.1 Å². The van der Waals surface area contributed by atoms with Gasteiger partial charge in [-0.1, -0.05) is 0 Å². The van der Waals surface area contributed by atoms with Gasteiger partial charge in [0.25, 0.3) is 0 Å². The minimum Gasteiger partial charge on any atom is -0.396 e. The Hall–Kier alpha value is -0.160. The van der Waals surface area contributed by atoms with E-state index in [1.165, 1.54) is 0 Å². The number of rotatable bonds is 3. The summed E-state index contributed by atoms with van der Waals surface area (Å²) >= 11 is 0. The molecule has 88 valence electrons. The van der Waals surface area contributed by atoms with Crippen molar-refractivity contribution >= 4 is 0 Å². The molecular formula is C11H20O4. The summed E-state index contributed by atoms with van der Waals surface area (Å²) in [5.74, 6) is -0.171. The van der Waals surface area contributed by atoms with E-state index >= 15 is 0 Å². The molecule has 0 aromatic rings. The fraction of sp³-hybridized carbons (Fsp3) is 1.00. The van der Waals surface area contributed by atoms with E-state index in [0.29, 0.717) is 18.9 Å². The molecule has 4 heteroatoms. The van der Waals surface area contributed by atoms with Crippen LogP contribution in [0.1, 0.15) is 26.2 Å². The summed E-state index contributed by atoms with van der Waals surface area (Å²) in [7, 11) is 0. The van der Waals surface area contributed by atoms with Gasteiger partial charge in [0.2, 0.25) is 0 Å². The molecule has 2 rings (SSSR count). The maximum Gasteiger partial charge on any atom is 0.171 e. The lowest BCUT2D eigenvalue weighted by molar-refractivity contribution is -0.212. The van der Waals surface area contributed by atoms with Crippen molar-refractivity contribution in [1.82, 2.24) is 0 Å². The zero-order valence-electron chi connectivity index (χ0n) is 9.28. The van der Waals surface area contributed by atoms with E-state index in [2.05, 4.69) is 0 Å². The van der Waals surface area contributed by atoms with Crippen molar-refractivity contribution in [3.05, 3.63) is 0 Å². The van der Waals surface area contributed by atoms with Crippen LogP contribution in [0.25, 0.3) is 0 Å². The number of aliphatic hydroxyl groups is 1. The van der Waals surface area contributed by atoms with Crippen molar-refractivity contribution in [2.45, 2.75) is 38.1 Å². The summed E-state index contributed by atoms with van der Waals surface area (Å²) in [6.45, 7) is 4.32. The lowest BCUT2D eigenvalue weighted by Crippen LogP contribution is -2.41. The first-order chi connectivity index (χ1) is 7.24. The van der Waals surface area contributed by atoms with Gasteiger partial charge in [-0.05, 0) is 26.2 Å². The van der Waals surface area contributed by atoms with E-state index in [0.717, 1.165) is 26.1 Å². The zero-order valence-corrected chi connectivity index (χ0v) is 9.28. The van der Waals surface area contributed by atoms with Gasteiger partial charge in [0.05, 0.1) is 19.3 Å². The third-order valence-electron chi connectivity index (χ3n) is 3.31. The normalized spacial score (nSPS) is 42.0. The molecule has 2 aliphatic heterocycles. The fourth-order valence-electron chi connectivity index (χ4n) is 2.31. The van der Waals surface area contributed by atoms with Crippen LogP contribution >= 0.6 is 0 Å². The summed E-state index contributed by atoms with van der Waals surface area (Å²) in [4.78, 5) is 0. The number of aliphatic hydroxyl groups excluding tert-OH is 1. The van der Waals surface area contributed by atoms with E-state index in [1.807, 2.05) is 6.92 Å². The molecule has 0 aliphatic carbocycles. The molecule has 0 aromatic heterocycles. The molecular weight excluding hydrogens is 196 g/mol. The Balaban J connectivity index is 1.89. The van der Waals surface area contributed by atoms with Crippen LogP contribution in [-0.4, -0.2) is 43.4 Å². The van der Waals surface area contributed by atoms with Crippen LogP contribution < -0.4 is 0 Å². The van der Waals surface area contributed by atoms with Crippen LogP contribution in [0, 0.1) is 5.92 Å². The second-order valence-electron chi connectivity index (χ2n) is 4.49. The van der Waals surface area contributed by atoms with Gasteiger partial charge in [0.1, 0.15) is 0 Å². The van der Waals surface area contributed by atoms with Crippen molar-refractivity contribution in [3.63, 3.8) is 0 Å². The highest BCUT2D eigenvalue weighted by Crippen LogP contribution is 2.36. The summed E-state index contributed by atoms with van der Waals surface area (Å²) < 4.78 is 17.0. The Morgan fingerprint density at radius 3 is 2.93 bits per heavy atom. The second kappa shape index (κ2) is 4.78.